The molecule has 2 aromatic carbocycles. The predicted molar refractivity (Wildman–Crippen MR) is 72.2 cm³/mol. The van der Waals surface area contributed by atoms with Crippen LogP contribution in [-0.4, -0.2) is 0 Å². The summed E-state index contributed by atoms with van der Waals surface area (Å²) >= 11 is 13.0. The molecule has 0 spiro atoms. The van der Waals surface area contributed by atoms with Crippen molar-refractivity contribution in [3.63, 3.8) is 0 Å². The second-order valence-electron chi connectivity index (χ2n) is 3.31. The molecule has 16 heavy (non-hydrogen) atoms. The molecule has 4 heteroatoms. The number of benzene rings is 2. The maximum Gasteiger partial charge on any atom is 0 e. The molecule has 0 amide bonds. The molecule has 0 bridgehead atoms. The van der Waals surface area contributed by atoms with E-state index in [0.717, 1.165) is 10.6 Å². The standard InChI is InChI=1S/C12H11Cl2P.Pd/c13-15(14,11-7-3-1-4-8-11)12-9-5-2-6-10-12;/h1-10,15H;. The van der Waals surface area contributed by atoms with Gasteiger partial charge in [0.1, 0.15) is 0 Å². The fraction of sp³-hybridized carbons (Fsp3) is 0. The molecule has 0 radical (unpaired) electrons. The first kappa shape index (κ1) is 14.2. The van der Waals surface area contributed by atoms with Crippen LogP contribution >= 0.6 is 28.4 Å². The Morgan fingerprint density at radius 2 is 0.938 bits per heavy atom. The molecule has 0 aliphatic rings. The van der Waals surface area contributed by atoms with Crippen molar-refractivity contribution in [1.82, 2.24) is 0 Å². The van der Waals surface area contributed by atoms with Gasteiger partial charge in [-0.05, 0) is 0 Å². The Balaban J connectivity index is 0.00000128. The quantitative estimate of drug-likeness (QED) is 0.564. The Hall–Kier alpha value is 0.112. The molecule has 0 fully saturated rings. The molecule has 0 aliphatic heterocycles. The number of halogens is 2. The van der Waals surface area contributed by atoms with Crippen LogP contribution in [0.4, 0.5) is 0 Å². The number of hydrogen-bond acceptors (Lipinski definition) is 0. The Bertz CT molecular complexity index is 390. The van der Waals surface area contributed by atoms with Crippen molar-refractivity contribution in [2.75, 3.05) is 0 Å². The Morgan fingerprint density at radius 1 is 0.625 bits per heavy atom. The van der Waals surface area contributed by atoms with Crippen molar-refractivity contribution >= 4 is 39.1 Å². The largest absolute Gasteiger partial charge is 0 e. The maximum absolute atomic E-state index is 6.49. The smallest absolute Gasteiger partial charge is 0 e. The number of rotatable bonds is 2. The van der Waals surface area contributed by atoms with E-state index in [2.05, 4.69) is 0 Å². The Kier molecular flexibility index (Phi) is 5.45. The summed E-state index contributed by atoms with van der Waals surface area (Å²) in [7, 11) is 0. The van der Waals surface area contributed by atoms with Gasteiger partial charge in [-0.3, -0.25) is 0 Å². The van der Waals surface area contributed by atoms with Crippen molar-refractivity contribution in [2.24, 2.45) is 0 Å². The molecule has 0 saturated heterocycles. The summed E-state index contributed by atoms with van der Waals surface area (Å²) in [5.41, 5.74) is 0. The van der Waals surface area contributed by atoms with Gasteiger partial charge in [-0.1, -0.05) is 0 Å². The molecule has 88 valence electrons. The van der Waals surface area contributed by atoms with E-state index in [0.29, 0.717) is 0 Å². The minimum absolute atomic E-state index is 0. The molecule has 0 aromatic heterocycles. The van der Waals surface area contributed by atoms with Crippen molar-refractivity contribution in [2.45, 2.75) is 0 Å². The fourth-order valence-electron chi connectivity index (χ4n) is 1.46. The summed E-state index contributed by atoms with van der Waals surface area (Å²) in [6.45, 7) is 0. The molecular formula is C12H11Cl2PPd. The van der Waals surface area contributed by atoms with E-state index in [4.69, 9.17) is 22.5 Å². The molecule has 0 aliphatic carbocycles. The van der Waals surface area contributed by atoms with Gasteiger partial charge in [0, 0.05) is 20.4 Å². The van der Waals surface area contributed by atoms with Crippen molar-refractivity contribution in [1.29, 1.82) is 0 Å². The molecule has 0 atom stereocenters. The van der Waals surface area contributed by atoms with Gasteiger partial charge in [0.05, 0.1) is 0 Å². The first-order valence-electron chi connectivity index (χ1n) is 4.70. The van der Waals surface area contributed by atoms with Gasteiger partial charge in [0.25, 0.3) is 0 Å². The summed E-state index contributed by atoms with van der Waals surface area (Å²) in [6, 6.07) is 19.7. The molecule has 2 aromatic rings. The van der Waals surface area contributed by atoms with Crippen molar-refractivity contribution < 1.29 is 20.4 Å². The van der Waals surface area contributed by atoms with E-state index < -0.39 is 5.97 Å². The van der Waals surface area contributed by atoms with Gasteiger partial charge in [-0.25, -0.2) is 0 Å². The van der Waals surface area contributed by atoms with Crippen LogP contribution in [-0.2, 0) is 20.4 Å². The van der Waals surface area contributed by atoms with Gasteiger partial charge in [-0.2, -0.15) is 0 Å². The Morgan fingerprint density at radius 3 is 1.25 bits per heavy atom. The predicted octanol–water partition coefficient (Wildman–Crippen LogP) is 3.69. The summed E-state index contributed by atoms with van der Waals surface area (Å²) in [4.78, 5) is 0. The minimum Gasteiger partial charge on any atom is 0 e. The number of hydrogen-bond donors (Lipinski definition) is 0. The first-order chi connectivity index (χ1) is 7.21. The average molecular weight is 364 g/mol. The zero-order valence-corrected chi connectivity index (χ0v) is 12.4. The summed E-state index contributed by atoms with van der Waals surface area (Å²) in [6.07, 6.45) is 0. The fourth-order valence-corrected chi connectivity index (χ4v) is 4.53. The van der Waals surface area contributed by atoms with E-state index in [1.54, 1.807) is 0 Å². The third-order valence-corrected chi connectivity index (χ3v) is 7.01. The van der Waals surface area contributed by atoms with Crippen LogP contribution in [0.2, 0.25) is 0 Å². The monoisotopic (exact) mass is 362 g/mol. The van der Waals surface area contributed by atoms with Crippen LogP contribution in [0.1, 0.15) is 0 Å². The van der Waals surface area contributed by atoms with Crippen LogP contribution in [0.5, 0.6) is 0 Å². The van der Waals surface area contributed by atoms with E-state index in [1.165, 1.54) is 0 Å². The van der Waals surface area contributed by atoms with Crippen molar-refractivity contribution in [3.05, 3.63) is 60.7 Å². The van der Waals surface area contributed by atoms with Crippen LogP contribution in [0.15, 0.2) is 60.7 Å². The molecule has 2 rings (SSSR count). The van der Waals surface area contributed by atoms with E-state index in [9.17, 15) is 0 Å². The second-order valence-corrected chi connectivity index (χ2v) is 9.59. The van der Waals surface area contributed by atoms with Crippen LogP contribution in [0.3, 0.4) is 0 Å². The first-order valence-corrected chi connectivity index (χ1v) is 8.72. The minimum atomic E-state index is -2.51. The molecule has 0 heterocycles. The zero-order valence-electron chi connectivity index (χ0n) is 8.35. The third-order valence-electron chi connectivity index (χ3n) is 2.27. The van der Waals surface area contributed by atoms with Crippen molar-refractivity contribution in [3.8, 4) is 0 Å². The van der Waals surface area contributed by atoms with Gasteiger partial charge in [0.15, 0.2) is 0 Å². The molecular weight excluding hydrogens is 352 g/mol. The van der Waals surface area contributed by atoms with E-state index >= 15 is 0 Å². The van der Waals surface area contributed by atoms with Gasteiger partial charge >= 0.3 is 99.7 Å². The summed E-state index contributed by atoms with van der Waals surface area (Å²) in [5, 5.41) is 2.05. The summed E-state index contributed by atoms with van der Waals surface area (Å²) < 4.78 is 0. The second kappa shape index (κ2) is 6.16. The summed E-state index contributed by atoms with van der Waals surface area (Å²) in [5.74, 6) is -2.51. The zero-order chi connectivity index (χ0) is 10.7. The van der Waals surface area contributed by atoms with Gasteiger partial charge in [-0.15, -0.1) is 0 Å². The van der Waals surface area contributed by atoms with E-state index in [1.807, 2.05) is 60.7 Å². The normalized spacial score (nSPS) is 11.6. The van der Waals surface area contributed by atoms with Crippen LogP contribution in [0.25, 0.3) is 0 Å². The molecule has 0 N–H and O–H groups in total. The van der Waals surface area contributed by atoms with Gasteiger partial charge < -0.3 is 0 Å². The Labute approximate surface area is 120 Å². The third kappa shape index (κ3) is 3.07. The van der Waals surface area contributed by atoms with E-state index in [-0.39, 0.29) is 20.4 Å². The molecule has 0 saturated carbocycles. The SMILES string of the molecule is Cl[PH](Cl)(c1ccccc1)c1ccccc1.[Pd]. The topological polar surface area (TPSA) is 0 Å². The molecule has 0 unspecified atom stereocenters. The van der Waals surface area contributed by atoms with Gasteiger partial charge in [0.2, 0.25) is 0 Å². The van der Waals surface area contributed by atoms with Crippen LogP contribution in [0, 0.1) is 0 Å². The molecule has 0 nitrogen and oxygen atoms in total. The van der Waals surface area contributed by atoms with Crippen LogP contribution < -0.4 is 10.6 Å². The average Bonchev–Trinajstić information content (AvgIpc) is 2.31. The maximum atomic E-state index is 6.49.